The molecule has 2 rings (SSSR count). The van der Waals surface area contributed by atoms with E-state index in [0.717, 1.165) is 5.56 Å². The van der Waals surface area contributed by atoms with Gasteiger partial charge in [0.15, 0.2) is 0 Å². The number of rotatable bonds is 6. The highest BCUT2D eigenvalue weighted by Gasteiger charge is 2.26. The fraction of sp³-hybridized carbons (Fsp3) is 0.600. The zero-order valence-corrected chi connectivity index (χ0v) is 15.8. The van der Waals surface area contributed by atoms with Crippen molar-refractivity contribution in [3.63, 3.8) is 0 Å². The Bertz CT molecular complexity index is 782. The number of hydrogen-bond acceptors (Lipinski definition) is 5. The number of piperidine rings is 1. The van der Waals surface area contributed by atoms with Crippen molar-refractivity contribution in [3.05, 3.63) is 23.8 Å². The van der Waals surface area contributed by atoms with Gasteiger partial charge in [0.2, 0.25) is 20.0 Å². The van der Waals surface area contributed by atoms with Crippen LogP contribution in [-0.2, 0) is 20.0 Å². The number of methoxy groups -OCH3 is 1. The van der Waals surface area contributed by atoms with Gasteiger partial charge in [-0.2, -0.15) is 0 Å². The minimum absolute atomic E-state index is 0.136. The van der Waals surface area contributed by atoms with E-state index in [0.29, 0.717) is 38.2 Å². The normalized spacial score (nSPS) is 17.8. The second kappa shape index (κ2) is 7.38. The third kappa shape index (κ3) is 4.69. The van der Waals surface area contributed by atoms with E-state index in [9.17, 15) is 16.8 Å². The first-order valence-electron chi connectivity index (χ1n) is 7.73. The van der Waals surface area contributed by atoms with Crippen LogP contribution in [0.1, 0.15) is 18.4 Å². The van der Waals surface area contributed by atoms with Gasteiger partial charge in [0, 0.05) is 19.6 Å². The van der Waals surface area contributed by atoms with Crippen molar-refractivity contribution in [3.8, 4) is 5.75 Å². The Labute approximate surface area is 144 Å². The molecule has 0 unspecified atom stereocenters. The lowest BCUT2D eigenvalue weighted by Gasteiger charge is -2.30. The highest BCUT2D eigenvalue weighted by Crippen LogP contribution is 2.22. The van der Waals surface area contributed by atoms with Crippen molar-refractivity contribution >= 4 is 20.0 Å². The van der Waals surface area contributed by atoms with Crippen molar-refractivity contribution in [2.45, 2.75) is 24.7 Å². The van der Waals surface area contributed by atoms with Crippen LogP contribution in [0.15, 0.2) is 23.1 Å². The summed E-state index contributed by atoms with van der Waals surface area (Å²) in [6.45, 7) is 2.98. The lowest BCUT2D eigenvalue weighted by atomic mass is 9.99. The van der Waals surface area contributed by atoms with Crippen molar-refractivity contribution in [1.29, 1.82) is 0 Å². The van der Waals surface area contributed by atoms with E-state index in [1.165, 1.54) is 23.7 Å². The molecule has 7 nitrogen and oxygen atoms in total. The first kappa shape index (κ1) is 19.2. The quantitative estimate of drug-likeness (QED) is 0.798. The molecule has 0 aromatic heterocycles. The third-order valence-corrected chi connectivity index (χ3v) is 7.01. The van der Waals surface area contributed by atoms with Crippen LogP contribution in [0.3, 0.4) is 0 Å². The summed E-state index contributed by atoms with van der Waals surface area (Å²) < 4.78 is 56.9. The smallest absolute Gasteiger partial charge is 0.240 e. The van der Waals surface area contributed by atoms with Crippen molar-refractivity contribution in [2.75, 3.05) is 33.0 Å². The summed E-state index contributed by atoms with van der Waals surface area (Å²) in [5.41, 5.74) is 0.752. The maximum atomic E-state index is 12.4. The van der Waals surface area contributed by atoms with Crippen LogP contribution in [0.5, 0.6) is 5.75 Å². The Morgan fingerprint density at radius 1 is 1.21 bits per heavy atom. The fourth-order valence-electron chi connectivity index (χ4n) is 2.77. The van der Waals surface area contributed by atoms with Gasteiger partial charge in [-0.3, -0.25) is 0 Å². The molecule has 1 fully saturated rings. The second-order valence-corrected chi connectivity index (χ2v) is 9.84. The Morgan fingerprint density at radius 3 is 2.33 bits per heavy atom. The topological polar surface area (TPSA) is 92.8 Å². The maximum Gasteiger partial charge on any atom is 0.240 e. The van der Waals surface area contributed by atoms with Gasteiger partial charge in [-0.15, -0.1) is 0 Å². The Balaban J connectivity index is 1.95. The molecule has 136 valence electrons. The summed E-state index contributed by atoms with van der Waals surface area (Å²) in [4.78, 5) is 0.203. The average Bonchev–Trinajstić information content (AvgIpc) is 2.52. The highest BCUT2D eigenvalue weighted by atomic mass is 32.2. The monoisotopic (exact) mass is 376 g/mol. The Hall–Kier alpha value is -1.16. The maximum absolute atomic E-state index is 12.4. The molecular formula is C15H24N2O5S2. The van der Waals surface area contributed by atoms with Gasteiger partial charge in [-0.05, 0) is 49.4 Å². The molecule has 9 heteroatoms. The van der Waals surface area contributed by atoms with Crippen LogP contribution in [-0.4, -0.2) is 54.1 Å². The Morgan fingerprint density at radius 2 is 1.83 bits per heavy atom. The fourth-order valence-corrected chi connectivity index (χ4v) is 4.85. The molecule has 24 heavy (non-hydrogen) atoms. The summed E-state index contributed by atoms with van der Waals surface area (Å²) in [7, 11) is -5.21. The SMILES string of the molecule is COc1ccc(S(=O)(=O)NCC2CCN(S(C)(=O)=O)CC2)cc1C. The standard InChI is InChI=1S/C15H24N2O5S2/c1-12-10-14(4-5-15(12)22-2)24(20,21)16-11-13-6-8-17(9-7-13)23(3,18)19/h4-5,10,13,16H,6-9,11H2,1-3H3. The number of ether oxygens (including phenoxy) is 1. The molecule has 1 aliphatic heterocycles. The summed E-state index contributed by atoms with van der Waals surface area (Å²) in [6.07, 6.45) is 2.50. The van der Waals surface area contributed by atoms with Crippen molar-refractivity contribution in [2.24, 2.45) is 5.92 Å². The van der Waals surface area contributed by atoms with E-state index in [-0.39, 0.29) is 10.8 Å². The highest BCUT2D eigenvalue weighted by molar-refractivity contribution is 7.89. The average molecular weight is 377 g/mol. The van der Waals surface area contributed by atoms with Gasteiger partial charge in [0.05, 0.1) is 18.3 Å². The summed E-state index contributed by atoms with van der Waals surface area (Å²) in [5.74, 6) is 0.777. The lowest BCUT2D eigenvalue weighted by molar-refractivity contribution is 0.275. The first-order valence-corrected chi connectivity index (χ1v) is 11.1. The second-order valence-electron chi connectivity index (χ2n) is 6.09. The van der Waals surface area contributed by atoms with Gasteiger partial charge in [0.25, 0.3) is 0 Å². The van der Waals surface area contributed by atoms with E-state index in [2.05, 4.69) is 4.72 Å². The molecule has 0 amide bonds. The molecule has 1 heterocycles. The molecule has 0 spiro atoms. The molecule has 0 saturated carbocycles. The molecule has 1 aromatic rings. The van der Waals surface area contributed by atoms with E-state index < -0.39 is 20.0 Å². The Kier molecular flexibility index (Phi) is 5.90. The van der Waals surface area contributed by atoms with Crippen LogP contribution in [0, 0.1) is 12.8 Å². The molecular weight excluding hydrogens is 352 g/mol. The van der Waals surface area contributed by atoms with Gasteiger partial charge in [-0.25, -0.2) is 25.9 Å². The lowest BCUT2D eigenvalue weighted by Crippen LogP contribution is -2.41. The largest absolute Gasteiger partial charge is 0.496 e. The van der Waals surface area contributed by atoms with Gasteiger partial charge in [-0.1, -0.05) is 0 Å². The zero-order chi connectivity index (χ0) is 18.0. The van der Waals surface area contributed by atoms with Crippen molar-refractivity contribution in [1.82, 2.24) is 9.03 Å². The molecule has 1 aromatic carbocycles. The summed E-state index contributed by atoms with van der Waals surface area (Å²) in [5, 5.41) is 0. The van der Waals surface area contributed by atoms with Gasteiger partial charge >= 0.3 is 0 Å². The van der Waals surface area contributed by atoms with Crippen LogP contribution in [0.4, 0.5) is 0 Å². The van der Waals surface area contributed by atoms with Crippen LogP contribution < -0.4 is 9.46 Å². The van der Waals surface area contributed by atoms with E-state index >= 15 is 0 Å². The minimum Gasteiger partial charge on any atom is -0.496 e. The van der Waals surface area contributed by atoms with Crippen LogP contribution >= 0.6 is 0 Å². The number of sulfonamides is 2. The van der Waals surface area contributed by atoms with Gasteiger partial charge in [0.1, 0.15) is 5.75 Å². The first-order chi connectivity index (χ1) is 11.1. The molecule has 0 radical (unpaired) electrons. The molecule has 0 aliphatic carbocycles. The third-order valence-electron chi connectivity index (χ3n) is 4.28. The molecule has 0 bridgehead atoms. The van der Waals surface area contributed by atoms with E-state index in [1.807, 2.05) is 0 Å². The molecule has 0 atom stereocenters. The van der Waals surface area contributed by atoms with Gasteiger partial charge < -0.3 is 4.74 Å². The zero-order valence-electron chi connectivity index (χ0n) is 14.1. The number of nitrogens with zero attached hydrogens (tertiary/aromatic N) is 1. The summed E-state index contributed by atoms with van der Waals surface area (Å²) in [6, 6.07) is 4.72. The summed E-state index contributed by atoms with van der Waals surface area (Å²) >= 11 is 0. The molecule has 1 N–H and O–H groups in total. The minimum atomic E-state index is -3.59. The van der Waals surface area contributed by atoms with E-state index in [1.54, 1.807) is 19.1 Å². The molecule has 1 aliphatic rings. The van der Waals surface area contributed by atoms with Crippen LogP contribution in [0.25, 0.3) is 0 Å². The predicted molar refractivity (Wildman–Crippen MR) is 92.1 cm³/mol. The number of hydrogen-bond donors (Lipinski definition) is 1. The number of benzene rings is 1. The number of nitrogens with one attached hydrogen (secondary N) is 1. The van der Waals surface area contributed by atoms with E-state index in [4.69, 9.17) is 4.74 Å². The number of aryl methyl sites for hydroxylation is 1. The van der Waals surface area contributed by atoms with Crippen LogP contribution in [0.2, 0.25) is 0 Å². The molecule has 1 saturated heterocycles. The van der Waals surface area contributed by atoms with Crippen molar-refractivity contribution < 1.29 is 21.6 Å². The predicted octanol–water partition coefficient (Wildman–Crippen LogP) is 0.954.